The molecule has 0 saturated heterocycles. The molecule has 0 aromatic carbocycles. The van der Waals surface area contributed by atoms with E-state index in [0.717, 1.165) is 12.1 Å². The normalized spacial score (nSPS) is 11.7. The van der Waals surface area contributed by atoms with Gasteiger partial charge in [-0.3, -0.25) is 9.78 Å². The van der Waals surface area contributed by atoms with Gasteiger partial charge in [0.15, 0.2) is 0 Å². The molecule has 0 aliphatic heterocycles. The van der Waals surface area contributed by atoms with Gasteiger partial charge in [0.05, 0.1) is 6.54 Å². The molecule has 0 unspecified atom stereocenters. The summed E-state index contributed by atoms with van der Waals surface area (Å²) in [5.41, 5.74) is 0.998. The summed E-state index contributed by atoms with van der Waals surface area (Å²) in [7, 11) is 4.03. The van der Waals surface area contributed by atoms with E-state index in [1.54, 1.807) is 6.20 Å². The Morgan fingerprint density at radius 3 is 2.52 bits per heavy atom. The average Bonchev–Trinajstić information content (AvgIpc) is 2.41. The third-order valence-corrected chi connectivity index (χ3v) is 3.04. The second kappa shape index (κ2) is 8.10. The summed E-state index contributed by atoms with van der Waals surface area (Å²) >= 11 is 0. The quantitative estimate of drug-likeness (QED) is 0.824. The van der Waals surface area contributed by atoms with Gasteiger partial charge in [-0.1, -0.05) is 6.07 Å². The molecule has 0 fully saturated rings. The van der Waals surface area contributed by atoms with Crippen molar-refractivity contribution in [3.05, 3.63) is 30.1 Å². The third-order valence-electron chi connectivity index (χ3n) is 3.04. The monoisotopic (exact) mass is 292 g/mol. The summed E-state index contributed by atoms with van der Waals surface area (Å²) in [6.45, 7) is 8.71. The molecular weight excluding hydrogens is 264 g/mol. The van der Waals surface area contributed by atoms with Crippen LogP contribution >= 0.6 is 0 Å². The van der Waals surface area contributed by atoms with Crippen molar-refractivity contribution >= 4 is 5.91 Å². The fourth-order valence-corrected chi connectivity index (χ4v) is 1.78. The Morgan fingerprint density at radius 2 is 2.00 bits per heavy atom. The van der Waals surface area contributed by atoms with Crippen LogP contribution in [0.4, 0.5) is 0 Å². The fourth-order valence-electron chi connectivity index (χ4n) is 1.78. The summed E-state index contributed by atoms with van der Waals surface area (Å²) in [5.74, 6) is 0.121. The minimum absolute atomic E-state index is 0.0584. The van der Waals surface area contributed by atoms with Crippen molar-refractivity contribution in [2.24, 2.45) is 0 Å². The first kappa shape index (κ1) is 17.6. The molecule has 0 radical (unpaired) electrons. The number of amides is 1. The van der Waals surface area contributed by atoms with Crippen LogP contribution in [0.5, 0.6) is 0 Å². The summed E-state index contributed by atoms with van der Waals surface area (Å²) in [4.78, 5) is 20.5. The van der Waals surface area contributed by atoms with Crippen molar-refractivity contribution in [3.63, 3.8) is 0 Å². The number of carbonyl (C=O) groups is 1. The number of nitrogens with one attached hydrogen (secondary N) is 1. The second-order valence-corrected chi connectivity index (χ2v) is 6.58. The molecule has 0 aliphatic carbocycles. The van der Waals surface area contributed by atoms with Crippen molar-refractivity contribution in [2.75, 3.05) is 33.7 Å². The molecule has 0 aliphatic rings. The van der Waals surface area contributed by atoms with Gasteiger partial charge >= 0.3 is 0 Å². The molecule has 5 nitrogen and oxygen atoms in total. The van der Waals surface area contributed by atoms with Crippen molar-refractivity contribution in [1.82, 2.24) is 20.1 Å². The Balaban J connectivity index is 2.65. The minimum Gasteiger partial charge on any atom is -0.336 e. The van der Waals surface area contributed by atoms with E-state index in [4.69, 9.17) is 0 Å². The minimum atomic E-state index is -0.0584. The smallest absolute Gasteiger partial charge is 0.236 e. The zero-order valence-corrected chi connectivity index (χ0v) is 13.9. The van der Waals surface area contributed by atoms with E-state index >= 15 is 0 Å². The summed E-state index contributed by atoms with van der Waals surface area (Å²) in [6.07, 6.45) is 3.56. The van der Waals surface area contributed by atoms with E-state index in [2.05, 4.69) is 36.0 Å². The third kappa shape index (κ3) is 7.78. The van der Waals surface area contributed by atoms with E-state index < -0.39 is 0 Å². The van der Waals surface area contributed by atoms with E-state index in [1.165, 1.54) is 0 Å². The van der Waals surface area contributed by atoms with Crippen LogP contribution < -0.4 is 5.32 Å². The SMILES string of the molecule is CN(C)CCN(Cc1cccnc1)C(=O)CNC(C)(C)C. The molecule has 0 atom stereocenters. The zero-order chi connectivity index (χ0) is 15.9. The number of carbonyl (C=O) groups excluding carboxylic acids is 1. The van der Waals surface area contributed by atoms with Crippen LogP contribution in [-0.2, 0) is 11.3 Å². The molecule has 118 valence electrons. The van der Waals surface area contributed by atoms with Crippen LogP contribution in [0.15, 0.2) is 24.5 Å². The van der Waals surface area contributed by atoms with Gasteiger partial charge in [-0.15, -0.1) is 0 Å². The van der Waals surface area contributed by atoms with Crippen LogP contribution in [0.3, 0.4) is 0 Å². The van der Waals surface area contributed by atoms with Gasteiger partial charge < -0.3 is 15.1 Å². The lowest BCUT2D eigenvalue weighted by Crippen LogP contribution is -2.46. The molecule has 1 N–H and O–H groups in total. The van der Waals surface area contributed by atoms with E-state index in [-0.39, 0.29) is 11.4 Å². The number of pyridine rings is 1. The van der Waals surface area contributed by atoms with E-state index in [1.807, 2.05) is 37.3 Å². The maximum atomic E-state index is 12.4. The molecule has 0 spiro atoms. The Kier molecular flexibility index (Phi) is 6.78. The molecule has 0 saturated carbocycles. The molecule has 5 heteroatoms. The molecule has 1 aromatic rings. The molecule has 21 heavy (non-hydrogen) atoms. The van der Waals surface area contributed by atoms with Gasteiger partial charge in [-0.25, -0.2) is 0 Å². The highest BCUT2D eigenvalue weighted by Gasteiger charge is 2.17. The Hall–Kier alpha value is -1.46. The van der Waals surface area contributed by atoms with Gasteiger partial charge in [0.1, 0.15) is 0 Å². The van der Waals surface area contributed by atoms with Gasteiger partial charge in [-0.05, 0) is 46.5 Å². The predicted molar refractivity (Wildman–Crippen MR) is 86.0 cm³/mol. The highest BCUT2D eigenvalue weighted by Crippen LogP contribution is 2.04. The van der Waals surface area contributed by atoms with Gasteiger partial charge in [-0.2, -0.15) is 0 Å². The van der Waals surface area contributed by atoms with Crippen molar-refractivity contribution in [1.29, 1.82) is 0 Å². The predicted octanol–water partition coefficient (Wildman–Crippen LogP) is 1.36. The number of hydrogen-bond acceptors (Lipinski definition) is 4. The number of likely N-dealkylation sites (N-methyl/N-ethyl adjacent to an activating group) is 1. The van der Waals surface area contributed by atoms with E-state index in [9.17, 15) is 4.79 Å². The highest BCUT2D eigenvalue weighted by molar-refractivity contribution is 5.78. The van der Waals surface area contributed by atoms with Crippen LogP contribution in [0, 0.1) is 0 Å². The first-order valence-corrected chi connectivity index (χ1v) is 7.34. The topological polar surface area (TPSA) is 48.5 Å². The van der Waals surface area contributed by atoms with Gasteiger partial charge in [0, 0.05) is 37.6 Å². The fraction of sp³-hybridized carbons (Fsp3) is 0.625. The lowest BCUT2D eigenvalue weighted by molar-refractivity contribution is -0.131. The summed E-state index contributed by atoms with van der Waals surface area (Å²) < 4.78 is 0. The molecule has 1 amide bonds. The van der Waals surface area contributed by atoms with Crippen molar-refractivity contribution < 1.29 is 4.79 Å². The summed E-state index contributed by atoms with van der Waals surface area (Å²) in [5, 5.41) is 3.26. The Labute approximate surface area is 128 Å². The second-order valence-electron chi connectivity index (χ2n) is 6.58. The number of aromatic nitrogens is 1. The maximum absolute atomic E-state index is 12.4. The van der Waals surface area contributed by atoms with Gasteiger partial charge in [0.2, 0.25) is 5.91 Å². The van der Waals surface area contributed by atoms with Crippen molar-refractivity contribution in [3.8, 4) is 0 Å². The number of nitrogens with zero attached hydrogens (tertiary/aromatic N) is 3. The molecule has 0 bridgehead atoms. The summed E-state index contributed by atoms with van der Waals surface area (Å²) in [6, 6.07) is 3.90. The van der Waals surface area contributed by atoms with Crippen LogP contribution in [-0.4, -0.2) is 60.0 Å². The zero-order valence-electron chi connectivity index (χ0n) is 13.9. The standard InChI is InChI=1S/C16H28N4O/c1-16(2,3)18-12-15(21)20(10-9-19(4)5)13-14-7-6-8-17-11-14/h6-8,11,18H,9-10,12-13H2,1-5H3. The largest absolute Gasteiger partial charge is 0.336 e. The number of rotatable bonds is 7. The Bertz CT molecular complexity index is 426. The maximum Gasteiger partial charge on any atom is 0.236 e. The van der Waals surface area contributed by atoms with Gasteiger partial charge in [0.25, 0.3) is 0 Å². The van der Waals surface area contributed by atoms with Crippen LogP contribution in [0.1, 0.15) is 26.3 Å². The molecule has 1 aromatic heterocycles. The lowest BCUT2D eigenvalue weighted by atomic mass is 10.1. The Morgan fingerprint density at radius 1 is 1.29 bits per heavy atom. The van der Waals surface area contributed by atoms with Crippen molar-refractivity contribution in [2.45, 2.75) is 32.9 Å². The molecular formula is C16H28N4O. The first-order chi connectivity index (χ1) is 9.78. The highest BCUT2D eigenvalue weighted by atomic mass is 16.2. The lowest BCUT2D eigenvalue weighted by Gasteiger charge is -2.27. The average molecular weight is 292 g/mol. The number of hydrogen-bond donors (Lipinski definition) is 1. The molecule has 1 heterocycles. The van der Waals surface area contributed by atoms with E-state index in [0.29, 0.717) is 19.6 Å². The molecule has 1 rings (SSSR count). The van der Waals surface area contributed by atoms with Crippen LogP contribution in [0.2, 0.25) is 0 Å². The van der Waals surface area contributed by atoms with Crippen LogP contribution in [0.25, 0.3) is 0 Å². The first-order valence-electron chi connectivity index (χ1n) is 7.34.